The van der Waals surface area contributed by atoms with Crippen molar-refractivity contribution in [3.63, 3.8) is 0 Å². The minimum absolute atomic E-state index is 0.163. The molecule has 0 aliphatic heterocycles. The highest BCUT2D eigenvalue weighted by Crippen LogP contribution is 2.16. The number of aromatic nitrogens is 2. The molecule has 4 nitrogen and oxygen atoms in total. The minimum Gasteiger partial charge on any atom is -0.487 e. The summed E-state index contributed by atoms with van der Waals surface area (Å²) in [5, 5.41) is 13.3. The molecule has 4 heteroatoms. The Morgan fingerprint density at radius 1 is 0.955 bits per heavy atom. The molecule has 0 aliphatic carbocycles. The van der Waals surface area contributed by atoms with Gasteiger partial charge in [-0.05, 0) is 42.3 Å². The van der Waals surface area contributed by atoms with Crippen molar-refractivity contribution >= 4 is 0 Å². The first-order valence-electron chi connectivity index (χ1n) is 7.28. The van der Waals surface area contributed by atoms with E-state index in [1.165, 1.54) is 0 Å². The Morgan fingerprint density at radius 2 is 1.73 bits per heavy atom. The molecule has 0 saturated heterocycles. The Labute approximate surface area is 129 Å². The van der Waals surface area contributed by atoms with Gasteiger partial charge in [0.1, 0.15) is 12.4 Å². The highest BCUT2D eigenvalue weighted by atomic mass is 16.5. The van der Waals surface area contributed by atoms with Gasteiger partial charge in [0.25, 0.3) is 0 Å². The first kappa shape index (κ1) is 14.4. The molecule has 2 aromatic carbocycles. The first-order valence-corrected chi connectivity index (χ1v) is 7.28. The van der Waals surface area contributed by atoms with E-state index in [1.54, 1.807) is 6.20 Å². The Morgan fingerprint density at radius 3 is 2.45 bits per heavy atom. The van der Waals surface area contributed by atoms with Crippen LogP contribution in [0.15, 0.2) is 66.9 Å². The molecule has 3 rings (SSSR count). The van der Waals surface area contributed by atoms with Crippen LogP contribution in [0, 0.1) is 0 Å². The molecule has 112 valence electrons. The van der Waals surface area contributed by atoms with Crippen molar-refractivity contribution in [1.82, 2.24) is 9.78 Å². The minimum atomic E-state index is 0.163. The van der Waals surface area contributed by atoms with Crippen LogP contribution < -0.4 is 4.74 Å². The van der Waals surface area contributed by atoms with Gasteiger partial charge in [-0.25, -0.2) is 4.68 Å². The topological polar surface area (TPSA) is 47.3 Å². The largest absolute Gasteiger partial charge is 0.487 e. The summed E-state index contributed by atoms with van der Waals surface area (Å²) in [6.45, 7) is 0.616. The quantitative estimate of drug-likeness (QED) is 0.760. The molecule has 1 heterocycles. The Hall–Kier alpha value is -2.59. The molecule has 0 spiro atoms. The summed E-state index contributed by atoms with van der Waals surface area (Å²) in [6, 6.07) is 19.7. The third-order valence-electron chi connectivity index (χ3n) is 3.43. The lowest BCUT2D eigenvalue weighted by atomic mass is 10.1. The predicted octanol–water partition coefficient (Wildman–Crippen LogP) is 2.99. The number of aliphatic hydroxyl groups is 1. The monoisotopic (exact) mass is 294 g/mol. The molecule has 22 heavy (non-hydrogen) atoms. The summed E-state index contributed by atoms with van der Waals surface area (Å²) in [7, 11) is 0. The zero-order valence-corrected chi connectivity index (χ0v) is 12.2. The van der Waals surface area contributed by atoms with E-state index in [9.17, 15) is 0 Å². The Bertz CT molecular complexity index is 705. The van der Waals surface area contributed by atoms with E-state index in [2.05, 4.69) is 5.10 Å². The standard InChI is InChI=1S/C18H18N2O2/c21-13-11-15-6-8-18(9-7-15)22-14-17-10-12-19-20(17)16-4-2-1-3-5-16/h1-10,12,21H,11,13-14H2. The van der Waals surface area contributed by atoms with Gasteiger partial charge in [-0.15, -0.1) is 0 Å². The number of ether oxygens (including phenoxy) is 1. The number of benzene rings is 2. The maximum absolute atomic E-state index is 8.92. The van der Waals surface area contributed by atoms with Crippen LogP contribution in [-0.2, 0) is 13.0 Å². The Balaban J connectivity index is 1.68. The highest BCUT2D eigenvalue weighted by molar-refractivity contribution is 5.32. The van der Waals surface area contributed by atoms with Crippen LogP contribution >= 0.6 is 0 Å². The lowest BCUT2D eigenvalue weighted by Gasteiger charge is -2.09. The van der Waals surface area contributed by atoms with Crippen molar-refractivity contribution in [2.75, 3.05) is 6.61 Å². The summed E-state index contributed by atoms with van der Waals surface area (Å²) < 4.78 is 7.70. The Kier molecular flexibility index (Phi) is 4.51. The second kappa shape index (κ2) is 6.91. The highest BCUT2D eigenvalue weighted by Gasteiger charge is 2.05. The van der Waals surface area contributed by atoms with E-state index in [0.717, 1.165) is 22.7 Å². The number of rotatable bonds is 6. The average molecular weight is 294 g/mol. The van der Waals surface area contributed by atoms with E-state index in [0.29, 0.717) is 13.0 Å². The van der Waals surface area contributed by atoms with E-state index in [-0.39, 0.29) is 6.61 Å². The van der Waals surface area contributed by atoms with E-state index >= 15 is 0 Å². The molecule has 1 N–H and O–H groups in total. The third-order valence-corrected chi connectivity index (χ3v) is 3.43. The molecule has 0 atom stereocenters. The maximum atomic E-state index is 8.92. The summed E-state index contributed by atoms with van der Waals surface area (Å²) >= 11 is 0. The van der Waals surface area contributed by atoms with Crippen molar-refractivity contribution < 1.29 is 9.84 Å². The van der Waals surface area contributed by atoms with Gasteiger partial charge < -0.3 is 9.84 Å². The first-order chi connectivity index (χ1) is 10.9. The molecule has 0 amide bonds. The number of nitrogens with zero attached hydrogens (tertiary/aromatic N) is 2. The van der Waals surface area contributed by atoms with Gasteiger partial charge in [0.2, 0.25) is 0 Å². The SMILES string of the molecule is OCCc1ccc(OCc2ccnn2-c2ccccc2)cc1. The molecule has 0 unspecified atom stereocenters. The summed E-state index contributed by atoms with van der Waals surface area (Å²) in [4.78, 5) is 0. The van der Waals surface area contributed by atoms with Gasteiger partial charge >= 0.3 is 0 Å². The van der Waals surface area contributed by atoms with Crippen LogP contribution in [-0.4, -0.2) is 21.5 Å². The number of hydrogen-bond acceptors (Lipinski definition) is 3. The molecule has 1 aromatic heterocycles. The fraction of sp³-hybridized carbons (Fsp3) is 0.167. The maximum Gasteiger partial charge on any atom is 0.130 e. The van der Waals surface area contributed by atoms with Crippen LogP contribution in [0.4, 0.5) is 0 Å². The fourth-order valence-electron chi connectivity index (χ4n) is 2.28. The number of para-hydroxylation sites is 1. The normalized spacial score (nSPS) is 10.6. The van der Waals surface area contributed by atoms with Crippen LogP contribution in [0.3, 0.4) is 0 Å². The van der Waals surface area contributed by atoms with Crippen molar-refractivity contribution in [2.45, 2.75) is 13.0 Å². The molecule has 0 aliphatic rings. The second-order valence-electron chi connectivity index (χ2n) is 4.98. The number of hydrogen-bond donors (Lipinski definition) is 1. The zero-order chi connectivity index (χ0) is 15.2. The molecular weight excluding hydrogens is 276 g/mol. The van der Waals surface area contributed by atoms with Gasteiger partial charge in [-0.3, -0.25) is 0 Å². The van der Waals surface area contributed by atoms with Gasteiger partial charge in [0.15, 0.2) is 0 Å². The van der Waals surface area contributed by atoms with E-state index in [1.807, 2.05) is 65.3 Å². The molecule has 3 aromatic rings. The average Bonchev–Trinajstić information content (AvgIpc) is 3.04. The van der Waals surface area contributed by atoms with Crippen LogP contribution in [0.25, 0.3) is 5.69 Å². The lowest BCUT2D eigenvalue weighted by molar-refractivity contribution is 0.295. The van der Waals surface area contributed by atoms with Crippen LogP contribution in [0.5, 0.6) is 5.75 Å². The van der Waals surface area contributed by atoms with E-state index in [4.69, 9.17) is 9.84 Å². The number of aliphatic hydroxyl groups excluding tert-OH is 1. The van der Waals surface area contributed by atoms with Gasteiger partial charge in [0, 0.05) is 12.8 Å². The summed E-state index contributed by atoms with van der Waals surface area (Å²) in [5.41, 5.74) is 3.11. The van der Waals surface area contributed by atoms with Crippen molar-refractivity contribution in [3.8, 4) is 11.4 Å². The summed E-state index contributed by atoms with van der Waals surface area (Å²) in [6.07, 6.45) is 2.44. The van der Waals surface area contributed by atoms with Crippen molar-refractivity contribution in [2.24, 2.45) is 0 Å². The second-order valence-corrected chi connectivity index (χ2v) is 4.98. The van der Waals surface area contributed by atoms with Crippen molar-refractivity contribution in [1.29, 1.82) is 0 Å². The van der Waals surface area contributed by atoms with Crippen LogP contribution in [0.1, 0.15) is 11.3 Å². The molecule has 0 saturated carbocycles. The fourth-order valence-corrected chi connectivity index (χ4v) is 2.28. The molecule has 0 radical (unpaired) electrons. The molecule has 0 bridgehead atoms. The van der Waals surface area contributed by atoms with Gasteiger partial charge in [-0.2, -0.15) is 5.10 Å². The zero-order valence-electron chi connectivity index (χ0n) is 12.2. The smallest absolute Gasteiger partial charge is 0.130 e. The lowest BCUT2D eigenvalue weighted by Crippen LogP contribution is -2.05. The molecule has 0 fully saturated rings. The predicted molar refractivity (Wildman–Crippen MR) is 85.1 cm³/mol. The van der Waals surface area contributed by atoms with Crippen molar-refractivity contribution in [3.05, 3.63) is 78.1 Å². The van der Waals surface area contributed by atoms with Gasteiger partial charge in [0.05, 0.1) is 11.4 Å². The molecular formula is C18H18N2O2. The van der Waals surface area contributed by atoms with E-state index < -0.39 is 0 Å². The third kappa shape index (κ3) is 3.35. The summed E-state index contributed by atoms with van der Waals surface area (Å²) in [5.74, 6) is 0.808. The van der Waals surface area contributed by atoms with Crippen LogP contribution in [0.2, 0.25) is 0 Å². The van der Waals surface area contributed by atoms with Gasteiger partial charge in [-0.1, -0.05) is 30.3 Å².